The van der Waals surface area contributed by atoms with Crippen LogP contribution in [0.25, 0.3) is 0 Å². The molecule has 1 aromatic rings. The van der Waals surface area contributed by atoms with Crippen molar-refractivity contribution in [3.05, 3.63) is 18.2 Å². The van der Waals surface area contributed by atoms with E-state index in [9.17, 15) is 13.2 Å². The summed E-state index contributed by atoms with van der Waals surface area (Å²) in [5, 5.41) is 0. The van der Waals surface area contributed by atoms with Crippen LogP contribution in [0.15, 0.2) is 23.1 Å². The minimum atomic E-state index is -3.95. The second kappa shape index (κ2) is 7.46. The zero-order valence-electron chi connectivity index (χ0n) is 13.3. The van der Waals surface area contributed by atoms with Crippen LogP contribution in [0.2, 0.25) is 0 Å². The quantitative estimate of drug-likeness (QED) is 0.700. The zero-order valence-corrected chi connectivity index (χ0v) is 14.1. The SMILES string of the molecule is CCOC(=O)[C@H](C)N(C)S(=O)(=O)c1cc(OC)ccc1OC. The van der Waals surface area contributed by atoms with Crippen LogP contribution < -0.4 is 9.47 Å². The molecule has 0 amide bonds. The van der Waals surface area contributed by atoms with E-state index in [2.05, 4.69) is 0 Å². The molecule has 7 nitrogen and oxygen atoms in total. The summed E-state index contributed by atoms with van der Waals surface area (Å²) in [7, 11) is 0.170. The number of rotatable bonds is 7. The summed E-state index contributed by atoms with van der Waals surface area (Å²) in [5.41, 5.74) is 0. The van der Waals surface area contributed by atoms with E-state index in [1.807, 2.05) is 0 Å². The van der Waals surface area contributed by atoms with E-state index >= 15 is 0 Å². The minimum absolute atomic E-state index is 0.0759. The molecule has 1 atom stereocenters. The molecule has 8 heteroatoms. The Morgan fingerprint density at radius 2 is 1.91 bits per heavy atom. The Kier molecular flexibility index (Phi) is 6.19. The van der Waals surface area contributed by atoms with Gasteiger partial charge in [-0.05, 0) is 26.0 Å². The average molecular weight is 331 g/mol. The van der Waals surface area contributed by atoms with Gasteiger partial charge in [0, 0.05) is 13.1 Å². The van der Waals surface area contributed by atoms with Crippen LogP contribution in [0.3, 0.4) is 0 Å². The molecule has 0 saturated heterocycles. The number of nitrogens with zero attached hydrogens (tertiary/aromatic N) is 1. The highest BCUT2D eigenvalue weighted by atomic mass is 32.2. The maximum atomic E-state index is 12.7. The Balaban J connectivity index is 3.25. The predicted molar refractivity (Wildman–Crippen MR) is 80.6 cm³/mol. The van der Waals surface area contributed by atoms with Crippen LogP contribution in [0.4, 0.5) is 0 Å². The van der Waals surface area contributed by atoms with E-state index in [0.29, 0.717) is 5.75 Å². The molecule has 22 heavy (non-hydrogen) atoms. The first-order valence-electron chi connectivity index (χ1n) is 6.66. The number of hydrogen-bond donors (Lipinski definition) is 0. The van der Waals surface area contributed by atoms with Crippen molar-refractivity contribution >= 4 is 16.0 Å². The molecule has 0 bridgehead atoms. The van der Waals surface area contributed by atoms with Gasteiger partial charge < -0.3 is 14.2 Å². The fraction of sp³-hybridized carbons (Fsp3) is 0.500. The molecular formula is C14H21NO6S. The minimum Gasteiger partial charge on any atom is -0.497 e. The summed E-state index contributed by atoms with van der Waals surface area (Å²) in [6.07, 6.45) is 0. The lowest BCUT2D eigenvalue weighted by atomic mass is 10.3. The summed E-state index contributed by atoms with van der Waals surface area (Å²) in [6.45, 7) is 3.30. The van der Waals surface area contributed by atoms with Crippen molar-refractivity contribution < 1.29 is 27.4 Å². The smallest absolute Gasteiger partial charge is 0.324 e. The van der Waals surface area contributed by atoms with Gasteiger partial charge >= 0.3 is 5.97 Å². The molecule has 0 aliphatic heterocycles. The van der Waals surface area contributed by atoms with Crippen molar-refractivity contribution in [2.45, 2.75) is 24.8 Å². The van der Waals surface area contributed by atoms with Gasteiger partial charge in [0.1, 0.15) is 22.4 Å². The van der Waals surface area contributed by atoms with Gasteiger partial charge in [-0.25, -0.2) is 8.42 Å². The molecule has 1 rings (SSSR count). The lowest BCUT2D eigenvalue weighted by molar-refractivity contribution is -0.146. The Bertz CT molecular complexity index is 628. The lowest BCUT2D eigenvalue weighted by Crippen LogP contribution is -2.41. The maximum Gasteiger partial charge on any atom is 0.324 e. The molecule has 0 unspecified atom stereocenters. The summed E-state index contributed by atoms with van der Waals surface area (Å²) >= 11 is 0. The van der Waals surface area contributed by atoms with Crippen LogP contribution in [0.5, 0.6) is 11.5 Å². The van der Waals surface area contributed by atoms with E-state index in [0.717, 1.165) is 4.31 Å². The summed E-state index contributed by atoms with van der Waals surface area (Å²) in [6, 6.07) is 3.48. The van der Waals surface area contributed by atoms with E-state index in [1.54, 1.807) is 13.0 Å². The molecule has 0 heterocycles. The van der Waals surface area contributed by atoms with Crippen LogP contribution in [-0.2, 0) is 19.6 Å². The fourth-order valence-electron chi connectivity index (χ4n) is 1.76. The third-order valence-corrected chi connectivity index (χ3v) is 5.15. The van der Waals surface area contributed by atoms with Crippen LogP contribution in [-0.4, -0.2) is 52.6 Å². The molecule has 0 aliphatic carbocycles. The lowest BCUT2D eigenvalue weighted by Gasteiger charge is -2.23. The molecule has 124 valence electrons. The van der Waals surface area contributed by atoms with Gasteiger partial charge in [-0.2, -0.15) is 4.31 Å². The number of carbonyl (C=O) groups is 1. The first-order valence-corrected chi connectivity index (χ1v) is 8.10. The van der Waals surface area contributed by atoms with E-state index in [1.165, 1.54) is 40.3 Å². The second-order valence-electron chi connectivity index (χ2n) is 4.47. The average Bonchev–Trinajstić information content (AvgIpc) is 2.52. The molecule has 0 aliphatic rings. The summed E-state index contributed by atoms with van der Waals surface area (Å²) in [5.74, 6) is -0.0734. The van der Waals surface area contributed by atoms with E-state index < -0.39 is 22.0 Å². The number of carbonyl (C=O) groups excluding carboxylic acids is 1. The highest BCUT2D eigenvalue weighted by Gasteiger charge is 2.32. The monoisotopic (exact) mass is 331 g/mol. The van der Waals surface area contributed by atoms with Crippen LogP contribution >= 0.6 is 0 Å². The second-order valence-corrected chi connectivity index (χ2v) is 6.43. The first-order chi connectivity index (χ1) is 10.3. The Labute approximate surface area is 130 Å². The van der Waals surface area contributed by atoms with E-state index in [-0.39, 0.29) is 17.3 Å². The number of benzene rings is 1. The summed E-state index contributed by atoms with van der Waals surface area (Å²) in [4.78, 5) is 11.7. The van der Waals surface area contributed by atoms with Crippen molar-refractivity contribution in [3.63, 3.8) is 0 Å². The molecule has 0 fully saturated rings. The molecular weight excluding hydrogens is 310 g/mol. The topological polar surface area (TPSA) is 82.1 Å². The van der Waals surface area contributed by atoms with Gasteiger partial charge in [-0.3, -0.25) is 4.79 Å². The maximum absolute atomic E-state index is 12.7. The van der Waals surface area contributed by atoms with Crippen molar-refractivity contribution in [1.29, 1.82) is 0 Å². The number of ether oxygens (including phenoxy) is 3. The molecule has 1 aromatic carbocycles. The number of methoxy groups -OCH3 is 2. The van der Waals surface area contributed by atoms with Gasteiger partial charge in [0.2, 0.25) is 10.0 Å². The van der Waals surface area contributed by atoms with Gasteiger partial charge in [-0.15, -0.1) is 0 Å². The molecule has 0 radical (unpaired) electrons. The van der Waals surface area contributed by atoms with Crippen molar-refractivity contribution in [1.82, 2.24) is 4.31 Å². The number of sulfonamides is 1. The van der Waals surface area contributed by atoms with Crippen LogP contribution in [0, 0.1) is 0 Å². The largest absolute Gasteiger partial charge is 0.497 e. The van der Waals surface area contributed by atoms with Crippen molar-refractivity contribution in [2.75, 3.05) is 27.9 Å². The van der Waals surface area contributed by atoms with Gasteiger partial charge in [0.15, 0.2) is 0 Å². The van der Waals surface area contributed by atoms with Crippen molar-refractivity contribution in [2.24, 2.45) is 0 Å². The molecule has 0 saturated carbocycles. The normalized spacial score (nSPS) is 12.8. The van der Waals surface area contributed by atoms with Crippen molar-refractivity contribution in [3.8, 4) is 11.5 Å². The van der Waals surface area contributed by atoms with Gasteiger partial charge in [0.25, 0.3) is 0 Å². The fourth-order valence-corrected chi connectivity index (χ4v) is 3.24. The molecule has 0 N–H and O–H groups in total. The zero-order chi connectivity index (χ0) is 16.9. The number of esters is 1. The summed E-state index contributed by atoms with van der Waals surface area (Å²) < 4.78 is 41.4. The predicted octanol–water partition coefficient (Wildman–Crippen LogP) is 1.28. The molecule has 0 spiro atoms. The highest BCUT2D eigenvalue weighted by Crippen LogP contribution is 2.30. The Morgan fingerprint density at radius 1 is 1.27 bits per heavy atom. The Hall–Kier alpha value is -1.80. The van der Waals surface area contributed by atoms with E-state index in [4.69, 9.17) is 14.2 Å². The number of likely N-dealkylation sites (N-methyl/N-ethyl adjacent to an activating group) is 1. The van der Waals surface area contributed by atoms with Gasteiger partial charge in [-0.1, -0.05) is 0 Å². The molecule has 0 aromatic heterocycles. The third kappa shape index (κ3) is 3.69. The third-order valence-electron chi connectivity index (χ3n) is 3.20. The standard InChI is InChI=1S/C14H21NO6S/c1-6-21-14(16)10(2)15(3)22(17,18)13-9-11(19-4)7-8-12(13)20-5/h7-10H,6H2,1-5H3/t10-/m0/s1. The first kappa shape index (κ1) is 18.2. The van der Waals surface area contributed by atoms with Gasteiger partial charge in [0.05, 0.1) is 20.8 Å². The highest BCUT2D eigenvalue weighted by molar-refractivity contribution is 7.89. The Morgan fingerprint density at radius 3 is 2.41 bits per heavy atom. The van der Waals surface area contributed by atoms with Crippen LogP contribution in [0.1, 0.15) is 13.8 Å². The number of hydrogen-bond acceptors (Lipinski definition) is 6.